The van der Waals surface area contributed by atoms with Crippen LogP contribution in [0, 0.1) is 0 Å². The molecule has 216 valence electrons. The molecular formula is C22H19F8N7O3. The number of fused-ring (bicyclic) bond motifs is 1. The number of amides is 2. The predicted molar refractivity (Wildman–Crippen MR) is 120 cm³/mol. The van der Waals surface area contributed by atoms with Crippen LogP contribution in [0.4, 0.5) is 40.9 Å². The van der Waals surface area contributed by atoms with Crippen LogP contribution in [0.25, 0.3) is 16.8 Å². The molecule has 0 saturated carbocycles. The fourth-order valence-corrected chi connectivity index (χ4v) is 4.14. The molecule has 0 spiro atoms. The number of aromatic nitrogens is 4. The zero-order valence-corrected chi connectivity index (χ0v) is 20.4. The van der Waals surface area contributed by atoms with Gasteiger partial charge in [0.1, 0.15) is 23.6 Å². The van der Waals surface area contributed by atoms with Crippen molar-refractivity contribution >= 4 is 23.1 Å². The molecule has 18 heteroatoms. The summed E-state index contributed by atoms with van der Waals surface area (Å²) in [6.45, 7) is -1.71. The largest absolute Gasteiger partial charge is 0.480 e. The van der Waals surface area contributed by atoms with E-state index in [9.17, 15) is 44.7 Å². The van der Waals surface area contributed by atoms with Crippen molar-refractivity contribution in [1.82, 2.24) is 29.8 Å². The summed E-state index contributed by atoms with van der Waals surface area (Å²) >= 11 is 0. The van der Waals surface area contributed by atoms with Crippen LogP contribution in [-0.2, 0) is 11.0 Å². The number of nitrogens with two attached hydrogens (primary N) is 1. The molecule has 4 heterocycles. The average molecular weight is 581 g/mol. The van der Waals surface area contributed by atoms with Gasteiger partial charge < -0.3 is 20.7 Å². The van der Waals surface area contributed by atoms with Crippen molar-refractivity contribution in [3.05, 3.63) is 35.8 Å². The number of nitrogens with one attached hydrogen (secondary N) is 1. The van der Waals surface area contributed by atoms with Gasteiger partial charge in [0, 0.05) is 18.3 Å². The van der Waals surface area contributed by atoms with Gasteiger partial charge in [0.05, 0.1) is 31.0 Å². The molecule has 2 amide bonds. The molecule has 1 fully saturated rings. The number of ether oxygens (including phenoxy) is 1. The molecule has 1 saturated heterocycles. The average Bonchev–Trinajstić information content (AvgIpc) is 3.44. The van der Waals surface area contributed by atoms with Gasteiger partial charge in [0.2, 0.25) is 5.88 Å². The van der Waals surface area contributed by atoms with Crippen LogP contribution in [0.15, 0.2) is 24.7 Å². The standard InChI is InChI=1S/C22H19F8N7O3/c1-20(24,22(28,29)30)19(39)36-6-12(23)13(7-36)35-17(38)10-3-9(5-32-18(10)40-2)14-4-11(21(25,26)27)15-16(31)33-8-34-37(14)15/h3-5,8,12-13H,6-7H2,1-2H3,(H,35,38)(H2,31,33,34)/t12-,13+,20?/m0/s1. The Bertz CT molecular complexity index is 1470. The van der Waals surface area contributed by atoms with Crippen molar-refractivity contribution in [1.29, 1.82) is 0 Å². The van der Waals surface area contributed by atoms with Gasteiger partial charge in [-0.25, -0.2) is 23.3 Å². The van der Waals surface area contributed by atoms with Gasteiger partial charge in [-0.1, -0.05) is 0 Å². The first kappa shape index (κ1) is 28.8. The number of likely N-dealkylation sites (tertiary alicyclic amines) is 1. The lowest BCUT2D eigenvalue weighted by atomic mass is 10.1. The molecular weight excluding hydrogens is 562 g/mol. The molecule has 3 aromatic rings. The number of carbonyl (C=O) groups excluding carboxylic acids is 2. The number of pyridine rings is 1. The molecule has 4 rings (SSSR count). The first-order chi connectivity index (χ1) is 18.5. The second-order valence-electron chi connectivity index (χ2n) is 8.93. The topological polar surface area (TPSA) is 128 Å². The van der Waals surface area contributed by atoms with E-state index in [2.05, 4.69) is 20.4 Å². The smallest absolute Gasteiger partial charge is 0.431 e. The molecule has 3 aromatic heterocycles. The van der Waals surface area contributed by atoms with Crippen molar-refractivity contribution in [2.45, 2.75) is 37.2 Å². The summed E-state index contributed by atoms with van der Waals surface area (Å²) < 4.78 is 114. The molecule has 0 aromatic carbocycles. The monoisotopic (exact) mass is 581 g/mol. The van der Waals surface area contributed by atoms with E-state index in [-0.39, 0.29) is 24.1 Å². The third-order valence-corrected chi connectivity index (χ3v) is 6.26. The van der Waals surface area contributed by atoms with Crippen LogP contribution in [0.2, 0.25) is 0 Å². The zero-order chi connectivity index (χ0) is 29.8. The SMILES string of the molecule is COc1ncc(-c2cc(C(F)(F)F)c3c(N)ncnn23)cc1C(=O)N[C@@H]1CN(C(=O)C(C)(F)C(F)(F)F)C[C@@H]1F. The maximum Gasteiger partial charge on any atom is 0.431 e. The van der Waals surface area contributed by atoms with E-state index in [1.54, 1.807) is 0 Å². The minimum absolute atomic E-state index is 0.00451. The van der Waals surface area contributed by atoms with Crippen LogP contribution in [0.5, 0.6) is 5.88 Å². The molecule has 10 nitrogen and oxygen atoms in total. The summed E-state index contributed by atoms with van der Waals surface area (Å²) in [6, 6.07) is 0.222. The number of alkyl halides is 8. The number of anilines is 1. The van der Waals surface area contributed by atoms with Crippen LogP contribution in [0.3, 0.4) is 0 Å². The van der Waals surface area contributed by atoms with Crippen molar-refractivity contribution in [2.75, 3.05) is 25.9 Å². The second-order valence-corrected chi connectivity index (χ2v) is 8.93. The maximum atomic E-state index is 14.6. The van der Waals surface area contributed by atoms with Gasteiger partial charge >= 0.3 is 12.4 Å². The third-order valence-electron chi connectivity index (χ3n) is 6.26. The number of halogens is 8. The lowest BCUT2D eigenvalue weighted by molar-refractivity contribution is -0.226. The highest BCUT2D eigenvalue weighted by Crippen LogP contribution is 2.39. The fraction of sp³-hybridized carbons (Fsp3) is 0.409. The Hall–Kier alpha value is -4.25. The van der Waals surface area contributed by atoms with Gasteiger partial charge in [-0.2, -0.15) is 31.4 Å². The van der Waals surface area contributed by atoms with E-state index in [4.69, 9.17) is 10.5 Å². The fourth-order valence-electron chi connectivity index (χ4n) is 4.14. The van der Waals surface area contributed by atoms with Gasteiger partial charge in [0.25, 0.3) is 17.5 Å². The Labute approximate surface area is 219 Å². The Morgan fingerprint density at radius 2 is 1.77 bits per heavy atom. The number of methoxy groups -OCH3 is 1. The van der Waals surface area contributed by atoms with Crippen LogP contribution in [-0.4, -0.2) is 80.6 Å². The summed E-state index contributed by atoms with van der Waals surface area (Å²) in [5.74, 6) is -3.92. The van der Waals surface area contributed by atoms with Crippen LogP contribution in [0.1, 0.15) is 22.8 Å². The predicted octanol–water partition coefficient (Wildman–Crippen LogP) is 2.97. The van der Waals surface area contributed by atoms with Crippen molar-refractivity contribution in [2.24, 2.45) is 0 Å². The quantitative estimate of drug-likeness (QED) is 0.444. The summed E-state index contributed by atoms with van der Waals surface area (Å²) in [5.41, 5.74) is -1.04. The molecule has 0 aliphatic carbocycles. The number of nitrogens with zero attached hydrogens (tertiary/aromatic N) is 5. The van der Waals surface area contributed by atoms with Crippen molar-refractivity contribution in [3.8, 4) is 17.1 Å². The Balaban J connectivity index is 1.65. The number of nitrogen functional groups attached to an aromatic ring is 1. The lowest BCUT2D eigenvalue weighted by Crippen LogP contribution is -2.53. The van der Waals surface area contributed by atoms with Crippen LogP contribution < -0.4 is 15.8 Å². The van der Waals surface area contributed by atoms with Crippen LogP contribution >= 0.6 is 0 Å². The van der Waals surface area contributed by atoms with Crippen molar-refractivity contribution < 1.29 is 49.4 Å². The lowest BCUT2D eigenvalue weighted by Gasteiger charge is -2.27. The minimum Gasteiger partial charge on any atom is -0.480 e. The molecule has 3 atom stereocenters. The number of hydrogen-bond acceptors (Lipinski definition) is 7. The van der Waals surface area contributed by atoms with Gasteiger partial charge in [0.15, 0.2) is 5.82 Å². The molecule has 0 bridgehead atoms. The number of hydrogen-bond donors (Lipinski definition) is 2. The normalized spacial score (nSPS) is 19.5. The third kappa shape index (κ3) is 4.92. The van der Waals surface area contributed by atoms with E-state index in [1.807, 2.05) is 0 Å². The van der Waals surface area contributed by atoms with Gasteiger partial charge in [-0.3, -0.25) is 9.59 Å². The first-order valence-electron chi connectivity index (χ1n) is 11.2. The first-order valence-corrected chi connectivity index (χ1v) is 11.2. The molecule has 3 N–H and O–H groups in total. The molecule has 1 unspecified atom stereocenters. The van der Waals surface area contributed by atoms with E-state index >= 15 is 0 Å². The number of carbonyl (C=O) groups is 2. The Kier molecular flexibility index (Phi) is 7.00. The van der Waals surface area contributed by atoms with E-state index in [0.29, 0.717) is 11.0 Å². The molecule has 1 aliphatic rings. The molecule has 1 aliphatic heterocycles. The second kappa shape index (κ2) is 9.74. The highest BCUT2D eigenvalue weighted by molar-refractivity contribution is 5.98. The van der Waals surface area contributed by atoms with E-state index in [0.717, 1.165) is 30.2 Å². The maximum absolute atomic E-state index is 14.6. The van der Waals surface area contributed by atoms with E-state index < -0.39 is 77.6 Å². The number of rotatable bonds is 5. The van der Waals surface area contributed by atoms with E-state index in [1.165, 1.54) is 0 Å². The summed E-state index contributed by atoms with van der Waals surface area (Å²) in [5, 5.41) is 5.98. The zero-order valence-electron chi connectivity index (χ0n) is 20.4. The summed E-state index contributed by atoms with van der Waals surface area (Å²) in [4.78, 5) is 32.9. The van der Waals surface area contributed by atoms with Gasteiger partial charge in [-0.05, 0) is 19.1 Å². The summed E-state index contributed by atoms with van der Waals surface area (Å²) in [6.07, 6.45) is -10.5. The van der Waals surface area contributed by atoms with Gasteiger partial charge in [-0.15, -0.1) is 0 Å². The van der Waals surface area contributed by atoms with Crippen molar-refractivity contribution in [3.63, 3.8) is 0 Å². The minimum atomic E-state index is -5.55. The Morgan fingerprint density at radius 1 is 1.10 bits per heavy atom. The highest BCUT2D eigenvalue weighted by atomic mass is 19.4. The Morgan fingerprint density at radius 3 is 2.38 bits per heavy atom. The molecule has 0 radical (unpaired) electrons. The summed E-state index contributed by atoms with van der Waals surface area (Å²) in [7, 11) is 1.12. The highest BCUT2D eigenvalue weighted by Gasteiger charge is 2.60. The molecule has 40 heavy (non-hydrogen) atoms.